The highest BCUT2D eigenvalue weighted by molar-refractivity contribution is 6.13. The number of fused-ring (bicyclic) bond motifs is 6. The number of benzene rings is 11. The minimum Gasteiger partial charge on any atom is -0.309 e. The Hall–Kier alpha value is -8.98. The second-order valence-corrected chi connectivity index (χ2v) is 17.7. The first-order chi connectivity index (χ1) is 33.7. The van der Waals surface area contributed by atoms with Crippen molar-refractivity contribution in [2.45, 2.75) is 0 Å². The highest BCUT2D eigenvalue weighted by Crippen LogP contribution is 2.41. The maximum absolute atomic E-state index is 2.43. The number of para-hydroxylation sites is 1. The lowest BCUT2D eigenvalue weighted by Gasteiger charge is -2.13. The van der Waals surface area contributed by atoms with Crippen molar-refractivity contribution >= 4 is 43.6 Å². The third-order valence-electron chi connectivity index (χ3n) is 13.7. The molecule has 11 aromatic carbocycles. The van der Waals surface area contributed by atoms with E-state index in [1.165, 1.54) is 110 Å². The molecule has 0 N–H and O–H groups in total. The van der Waals surface area contributed by atoms with E-state index in [0.717, 1.165) is 11.4 Å². The summed E-state index contributed by atoms with van der Waals surface area (Å²) < 4.78 is 4.83. The summed E-state index contributed by atoms with van der Waals surface area (Å²) >= 11 is 0. The van der Waals surface area contributed by atoms with Gasteiger partial charge in [-0.1, -0.05) is 182 Å². The van der Waals surface area contributed by atoms with E-state index in [-0.39, 0.29) is 0 Å². The number of hydrogen-bond donors (Lipinski definition) is 0. The summed E-state index contributed by atoms with van der Waals surface area (Å²) in [7, 11) is 0. The van der Waals surface area contributed by atoms with Gasteiger partial charge in [-0.2, -0.15) is 0 Å². The lowest BCUT2D eigenvalue weighted by molar-refractivity contribution is 1.18. The molecule has 0 bridgehead atoms. The molecule has 0 aliphatic rings. The van der Waals surface area contributed by atoms with Gasteiger partial charge in [0.15, 0.2) is 0 Å². The van der Waals surface area contributed by atoms with Crippen molar-refractivity contribution in [1.29, 1.82) is 0 Å². The van der Waals surface area contributed by atoms with Crippen molar-refractivity contribution in [2.24, 2.45) is 0 Å². The molecule has 13 aromatic rings. The van der Waals surface area contributed by atoms with E-state index in [4.69, 9.17) is 0 Å². The number of hydrogen-bond acceptors (Lipinski definition) is 0. The van der Waals surface area contributed by atoms with Gasteiger partial charge >= 0.3 is 0 Å². The molecular weight excluding hydrogens is 821 g/mol. The predicted octanol–water partition coefficient (Wildman–Crippen LogP) is 17.9. The van der Waals surface area contributed by atoms with Gasteiger partial charge in [-0.3, -0.25) is 0 Å². The molecule has 0 amide bonds. The minimum absolute atomic E-state index is 1.13. The lowest BCUT2D eigenvalue weighted by Crippen LogP contribution is -1.94. The smallest absolute Gasteiger partial charge is 0.0541 e. The maximum atomic E-state index is 2.43. The average Bonchev–Trinajstić information content (AvgIpc) is 3.93. The van der Waals surface area contributed by atoms with E-state index in [2.05, 4.69) is 276 Å². The summed E-state index contributed by atoms with van der Waals surface area (Å²) in [6, 6.07) is 97.4. The van der Waals surface area contributed by atoms with Gasteiger partial charge in [0.05, 0.1) is 22.1 Å². The van der Waals surface area contributed by atoms with Crippen molar-refractivity contribution in [3.63, 3.8) is 0 Å². The Morgan fingerprint density at radius 3 is 0.838 bits per heavy atom. The first-order valence-electron chi connectivity index (χ1n) is 23.4. The Labute approximate surface area is 395 Å². The zero-order chi connectivity index (χ0) is 45.0. The fraction of sp³-hybridized carbons (Fsp3) is 0. The molecule has 2 aromatic heterocycles. The Balaban J connectivity index is 0.926. The van der Waals surface area contributed by atoms with Gasteiger partial charge in [-0.15, -0.1) is 0 Å². The van der Waals surface area contributed by atoms with Crippen molar-refractivity contribution < 1.29 is 0 Å². The Morgan fingerprint density at radius 1 is 0.162 bits per heavy atom. The zero-order valence-corrected chi connectivity index (χ0v) is 37.3. The van der Waals surface area contributed by atoms with E-state index in [1.54, 1.807) is 0 Å². The summed E-state index contributed by atoms with van der Waals surface area (Å²) in [4.78, 5) is 0. The summed E-state index contributed by atoms with van der Waals surface area (Å²) in [5.41, 5.74) is 21.5. The number of nitrogens with zero attached hydrogens (tertiary/aromatic N) is 2. The number of aromatic nitrogens is 2. The fourth-order valence-corrected chi connectivity index (χ4v) is 10.3. The monoisotopic (exact) mass is 864 g/mol. The summed E-state index contributed by atoms with van der Waals surface area (Å²) in [5.74, 6) is 0. The van der Waals surface area contributed by atoms with Crippen LogP contribution in [0.15, 0.2) is 267 Å². The molecule has 0 aliphatic carbocycles. The third kappa shape index (κ3) is 6.90. The summed E-state index contributed by atoms with van der Waals surface area (Å²) in [6.07, 6.45) is 0. The zero-order valence-electron chi connectivity index (χ0n) is 37.3. The van der Waals surface area contributed by atoms with Crippen LogP contribution in [0.4, 0.5) is 0 Å². The molecular formula is C66H44N2. The van der Waals surface area contributed by atoms with Gasteiger partial charge in [0.25, 0.3) is 0 Å². The first kappa shape index (κ1) is 39.4. The highest BCUT2D eigenvalue weighted by atomic mass is 15.0. The molecule has 2 heterocycles. The van der Waals surface area contributed by atoms with Crippen molar-refractivity contribution in [3.05, 3.63) is 267 Å². The summed E-state index contributed by atoms with van der Waals surface area (Å²) in [6.45, 7) is 0. The van der Waals surface area contributed by atoms with Gasteiger partial charge in [-0.25, -0.2) is 0 Å². The van der Waals surface area contributed by atoms with Crippen LogP contribution in [0.3, 0.4) is 0 Å². The lowest BCUT2D eigenvalue weighted by atomic mass is 9.93. The van der Waals surface area contributed by atoms with Crippen LogP contribution in [0.5, 0.6) is 0 Å². The van der Waals surface area contributed by atoms with E-state index >= 15 is 0 Å². The molecule has 13 rings (SSSR count). The topological polar surface area (TPSA) is 9.86 Å². The molecule has 68 heavy (non-hydrogen) atoms. The molecule has 2 nitrogen and oxygen atoms in total. The first-order valence-corrected chi connectivity index (χ1v) is 23.4. The van der Waals surface area contributed by atoms with Crippen LogP contribution in [-0.2, 0) is 0 Å². The SMILES string of the molecule is c1ccc(-c2ccc(-n3c4ccccc4c4cc(-c5ccc6c(c5)c5cc(-c7ccccc7)ccc5n6-c5ccc(-c6cc(-c7ccccc7)cc(-c7ccccc7)c6)cc5)ccc43)cc2)cc1. The van der Waals surface area contributed by atoms with Gasteiger partial charge in [0.1, 0.15) is 0 Å². The number of rotatable bonds is 8. The van der Waals surface area contributed by atoms with Crippen molar-refractivity contribution in [2.75, 3.05) is 0 Å². The second-order valence-electron chi connectivity index (χ2n) is 17.7. The molecule has 0 aliphatic heterocycles. The van der Waals surface area contributed by atoms with E-state index in [0.29, 0.717) is 0 Å². The highest BCUT2D eigenvalue weighted by Gasteiger charge is 2.18. The predicted molar refractivity (Wildman–Crippen MR) is 288 cm³/mol. The van der Waals surface area contributed by atoms with E-state index in [9.17, 15) is 0 Å². The van der Waals surface area contributed by atoms with Crippen molar-refractivity contribution in [1.82, 2.24) is 9.13 Å². The van der Waals surface area contributed by atoms with Crippen LogP contribution in [0, 0.1) is 0 Å². The quantitative estimate of drug-likeness (QED) is 0.144. The maximum Gasteiger partial charge on any atom is 0.0541 e. The Kier molecular flexibility index (Phi) is 9.54. The van der Waals surface area contributed by atoms with Crippen LogP contribution < -0.4 is 0 Å². The molecule has 0 spiro atoms. The van der Waals surface area contributed by atoms with Crippen LogP contribution in [0.25, 0.3) is 122 Å². The molecule has 0 fully saturated rings. The van der Waals surface area contributed by atoms with Gasteiger partial charge < -0.3 is 9.13 Å². The van der Waals surface area contributed by atoms with Crippen molar-refractivity contribution in [3.8, 4) is 78.1 Å². The van der Waals surface area contributed by atoms with Gasteiger partial charge in [-0.05, 0) is 152 Å². The third-order valence-corrected chi connectivity index (χ3v) is 13.7. The van der Waals surface area contributed by atoms with Crippen LogP contribution in [-0.4, -0.2) is 9.13 Å². The standard InChI is InChI=1S/C66H44N2/c1-5-15-45(16-6-1)49-25-32-57(33-26-49)67-63-24-14-13-23-59(63)60-43-52(30-37-64(60)67)53-31-38-66-62(44-53)61-42-51(46-17-7-2-8-18-46)29-36-65(61)68(66)58-34-27-50(28-35-58)56-40-54(47-19-9-3-10-20-47)39-55(41-56)48-21-11-4-12-22-48/h1-44H. The molecule has 2 heteroatoms. The Bertz CT molecular complexity index is 3900. The second kappa shape index (κ2) is 16.5. The molecule has 0 unspecified atom stereocenters. The molecule has 0 saturated heterocycles. The fourth-order valence-electron chi connectivity index (χ4n) is 10.3. The molecule has 318 valence electrons. The molecule has 0 radical (unpaired) electrons. The van der Waals surface area contributed by atoms with E-state index in [1.807, 2.05) is 0 Å². The Morgan fingerprint density at radius 2 is 0.426 bits per heavy atom. The van der Waals surface area contributed by atoms with Gasteiger partial charge in [0.2, 0.25) is 0 Å². The molecule has 0 saturated carbocycles. The van der Waals surface area contributed by atoms with Crippen LogP contribution >= 0.6 is 0 Å². The summed E-state index contributed by atoms with van der Waals surface area (Å²) in [5, 5.41) is 4.94. The normalized spacial score (nSPS) is 11.5. The minimum atomic E-state index is 1.13. The molecule has 0 atom stereocenters. The van der Waals surface area contributed by atoms with Crippen LogP contribution in [0.2, 0.25) is 0 Å². The average molecular weight is 865 g/mol. The van der Waals surface area contributed by atoms with Crippen LogP contribution in [0.1, 0.15) is 0 Å². The van der Waals surface area contributed by atoms with E-state index < -0.39 is 0 Å². The van der Waals surface area contributed by atoms with Gasteiger partial charge in [0, 0.05) is 32.9 Å². The largest absolute Gasteiger partial charge is 0.309 e.